The van der Waals surface area contributed by atoms with Gasteiger partial charge >= 0.3 is 0 Å². The summed E-state index contributed by atoms with van der Waals surface area (Å²) >= 11 is 0. The maximum atomic E-state index is 4.81. The Bertz CT molecular complexity index is 826. The normalized spacial score (nSPS) is 18.7. The molecule has 1 fully saturated rings. The van der Waals surface area contributed by atoms with Crippen LogP contribution in [0.3, 0.4) is 0 Å². The van der Waals surface area contributed by atoms with Gasteiger partial charge in [-0.05, 0) is 67.1 Å². The van der Waals surface area contributed by atoms with Gasteiger partial charge in [0.25, 0.3) is 0 Å². The van der Waals surface area contributed by atoms with Crippen LogP contribution in [0.15, 0.2) is 55.3 Å². The lowest BCUT2D eigenvalue weighted by atomic mass is 9.71. The average Bonchev–Trinajstić information content (AvgIpc) is 2.92. The van der Waals surface area contributed by atoms with Crippen LogP contribution in [0.4, 0.5) is 0 Å². The van der Waals surface area contributed by atoms with Crippen molar-refractivity contribution in [1.82, 2.24) is 4.98 Å². The minimum atomic E-state index is 0.616. The Labute approximate surface area is 223 Å². The SMILES string of the molecule is C=CCC(c1ccc(-c2ccc(CCCCCCCCC)cn2)cc1)[C@H]1CC[C@H](CCCCC)CC1. The highest BCUT2D eigenvalue weighted by Gasteiger charge is 2.27. The van der Waals surface area contributed by atoms with Crippen molar-refractivity contribution < 1.29 is 0 Å². The zero-order valence-corrected chi connectivity index (χ0v) is 23.5. The summed E-state index contributed by atoms with van der Waals surface area (Å²) in [6.07, 6.45) is 27.3. The topological polar surface area (TPSA) is 12.9 Å². The second-order valence-corrected chi connectivity index (χ2v) is 11.5. The largest absolute Gasteiger partial charge is 0.256 e. The van der Waals surface area contributed by atoms with Gasteiger partial charge in [-0.15, -0.1) is 6.58 Å². The van der Waals surface area contributed by atoms with Gasteiger partial charge in [-0.2, -0.15) is 0 Å². The van der Waals surface area contributed by atoms with Crippen molar-refractivity contribution in [3.05, 3.63) is 66.4 Å². The van der Waals surface area contributed by atoms with E-state index in [-0.39, 0.29) is 0 Å². The molecule has 198 valence electrons. The monoisotopic (exact) mass is 487 g/mol. The molecule has 0 radical (unpaired) electrons. The van der Waals surface area contributed by atoms with E-state index in [1.807, 2.05) is 0 Å². The molecule has 3 rings (SSSR count). The number of aromatic nitrogens is 1. The predicted molar refractivity (Wildman–Crippen MR) is 159 cm³/mol. The van der Waals surface area contributed by atoms with Crippen molar-refractivity contribution in [2.24, 2.45) is 11.8 Å². The van der Waals surface area contributed by atoms with Crippen LogP contribution < -0.4 is 0 Å². The summed E-state index contributed by atoms with van der Waals surface area (Å²) in [6, 6.07) is 13.8. The minimum absolute atomic E-state index is 0.616. The van der Waals surface area contributed by atoms with Gasteiger partial charge < -0.3 is 0 Å². The molecule has 0 saturated heterocycles. The van der Waals surface area contributed by atoms with Crippen molar-refractivity contribution in [3.63, 3.8) is 0 Å². The Morgan fingerprint density at radius 2 is 1.47 bits per heavy atom. The van der Waals surface area contributed by atoms with Crippen LogP contribution in [-0.2, 0) is 6.42 Å². The van der Waals surface area contributed by atoms with E-state index in [9.17, 15) is 0 Å². The lowest BCUT2D eigenvalue weighted by molar-refractivity contribution is 0.230. The smallest absolute Gasteiger partial charge is 0.0702 e. The van der Waals surface area contributed by atoms with Crippen LogP contribution in [-0.4, -0.2) is 4.98 Å². The van der Waals surface area contributed by atoms with E-state index in [0.717, 1.165) is 30.4 Å². The number of pyridine rings is 1. The van der Waals surface area contributed by atoms with Crippen LogP contribution >= 0.6 is 0 Å². The van der Waals surface area contributed by atoms with E-state index in [0.29, 0.717) is 5.92 Å². The first-order valence-corrected chi connectivity index (χ1v) is 15.4. The van der Waals surface area contributed by atoms with E-state index in [2.05, 4.69) is 69.1 Å². The second-order valence-electron chi connectivity index (χ2n) is 11.5. The van der Waals surface area contributed by atoms with Gasteiger partial charge in [-0.25, -0.2) is 0 Å². The van der Waals surface area contributed by atoms with Crippen LogP contribution in [0.1, 0.15) is 134 Å². The van der Waals surface area contributed by atoms with E-state index in [1.54, 1.807) is 0 Å². The third-order valence-corrected chi connectivity index (χ3v) is 8.63. The van der Waals surface area contributed by atoms with Crippen molar-refractivity contribution in [2.45, 2.75) is 129 Å². The zero-order valence-electron chi connectivity index (χ0n) is 23.5. The van der Waals surface area contributed by atoms with Gasteiger partial charge in [0, 0.05) is 11.8 Å². The molecule has 1 heterocycles. The van der Waals surface area contributed by atoms with Gasteiger partial charge in [-0.1, -0.05) is 127 Å². The molecule has 0 bridgehead atoms. The molecule has 1 aromatic heterocycles. The van der Waals surface area contributed by atoms with Crippen molar-refractivity contribution >= 4 is 0 Å². The Balaban J connectivity index is 1.49. The quantitative estimate of drug-likeness (QED) is 0.160. The Morgan fingerprint density at radius 3 is 2.11 bits per heavy atom. The maximum absolute atomic E-state index is 4.81. The first-order valence-electron chi connectivity index (χ1n) is 15.4. The van der Waals surface area contributed by atoms with Gasteiger partial charge in [-0.3, -0.25) is 4.98 Å². The third-order valence-electron chi connectivity index (χ3n) is 8.63. The van der Waals surface area contributed by atoms with Crippen LogP contribution in [0, 0.1) is 11.8 Å². The van der Waals surface area contributed by atoms with Gasteiger partial charge in [0.2, 0.25) is 0 Å². The second kappa shape index (κ2) is 16.8. The molecule has 1 unspecified atom stereocenters. The molecule has 1 saturated carbocycles. The van der Waals surface area contributed by atoms with E-state index in [4.69, 9.17) is 4.98 Å². The van der Waals surface area contributed by atoms with Crippen LogP contribution in [0.25, 0.3) is 11.3 Å². The summed E-state index contributed by atoms with van der Waals surface area (Å²) in [4.78, 5) is 4.81. The van der Waals surface area contributed by atoms with E-state index >= 15 is 0 Å². The maximum Gasteiger partial charge on any atom is 0.0702 e. The van der Waals surface area contributed by atoms with Crippen LogP contribution in [0.2, 0.25) is 0 Å². The first kappa shape index (κ1) is 28.7. The minimum Gasteiger partial charge on any atom is -0.256 e. The average molecular weight is 488 g/mol. The number of nitrogens with zero attached hydrogens (tertiary/aromatic N) is 1. The lowest BCUT2D eigenvalue weighted by Gasteiger charge is -2.34. The van der Waals surface area contributed by atoms with Gasteiger partial charge in [0.1, 0.15) is 0 Å². The molecule has 0 spiro atoms. The summed E-state index contributed by atoms with van der Waals surface area (Å²) < 4.78 is 0. The highest BCUT2D eigenvalue weighted by Crippen LogP contribution is 2.41. The molecule has 1 aliphatic carbocycles. The van der Waals surface area contributed by atoms with Crippen molar-refractivity contribution in [3.8, 4) is 11.3 Å². The number of hydrogen-bond donors (Lipinski definition) is 0. The Morgan fingerprint density at radius 1 is 0.806 bits per heavy atom. The third kappa shape index (κ3) is 9.53. The lowest BCUT2D eigenvalue weighted by Crippen LogP contribution is -2.20. The van der Waals surface area contributed by atoms with Gasteiger partial charge in [0.15, 0.2) is 0 Å². The molecule has 1 nitrogen and oxygen atoms in total. The summed E-state index contributed by atoms with van der Waals surface area (Å²) in [6.45, 7) is 8.69. The molecular weight excluding hydrogens is 434 g/mol. The molecule has 0 aliphatic heterocycles. The van der Waals surface area contributed by atoms with Crippen molar-refractivity contribution in [1.29, 1.82) is 0 Å². The standard InChI is InChI=1S/C35H53N/c1-4-7-9-10-11-12-14-17-30-20-27-35(36-28-30)33-25-23-32(24-26-33)34(15-6-3)31-21-18-29(19-22-31)16-13-8-5-2/h6,20,23-29,31,34H,3-5,7-19,21-22H2,1-2H3/t29-,31-,34?. The highest BCUT2D eigenvalue weighted by molar-refractivity contribution is 5.59. The molecule has 2 aromatic rings. The Kier molecular flexibility index (Phi) is 13.4. The molecule has 0 N–H and O–H groups in total. The number of allylic oxidation sites excluding steroid dienone is 1. The van der Waals surface area contributed by atoms with E-state index in [1.165, 1.54) is 113 Å². The Hall–Kier alpha value is -1.89. The number of rotatable bonds is 17. The summed E-state index contributed by atoms with van der Waals surface area (Å²) in [5.74, 6) is 2.39. The highest BCUT2D eigenvalue weighted by atomic mass is 14.7. The molecule has 1 aliphatic rings. The number of aryl methyl sites for hydroxylation is 1. The zero-order chi connectivity index (χ0) is 25.4. The summed E-state index contributed by atoms with van der Waals surface area (Å²) in [5, 5.41) is 0. The fourth-order valence-corrected chi connectivity index (χ4v) is 6.27. The molecular formula is C35H53N. The number of unbranched alkanes of at least 4 members (excludes halogenated alkanes) is 8. The fraction of sp³-hybridized carbons (Fsp3) is 0.629. The molecule has 1 atom stereocenters. The fourth-order valence-electron chi connectivity index (χ4n) is 6.27. The predicted octanol–water partition coefficient (Wildman–Crippen LogP) is 11.1. The van der Waals surface area contributed by atoms with Crippen LogP contribution in [0.5, 0.6) is 0 Å². The number of hydrogen-bond acceptors (Lipinski definition) is 1. The van der Waals surface area contributed by atoms with Gasteiger partial charge in [0.05, 0.1) is 5.69 Å². The number of benzene rings is 1. The summed E-state index contributed by atoms with van der Waals surface area (Å²) in [7, 11) is 0. The first-order chi connectivity index (χ1) is 17.7. The van der Waals surface area contributed by atoms with E-state index < -0.39 is 0 Å². The molecule has 36 heavy (non-hydrogen) atoms. The molecule has 1 aromatic carbocycles. The van der Waals surface area contributed by atoms with Crippen molar-refractivity contribution in [2.75, 3.05) is 0 Å². The molecule has 1 heteroatoms. The molecule has 0 amide bonds. The summed E-state index contributed by atoms with van der Waals surface area (Å²) in [5.41, 5.74) is 5.19.